The van der Waals surface area contributed by atoms with Crippen molar-refractivity contribution in [1.82, 2.24) is 4.90 Å². The molecule has 2 fully saturated rings. The molecule has 1 aliphatic heterocycles. The third-order valence-electron chi connectivity index (χ3n) is 5.47. The van der Waals surface area contributed by atoms with Crippen molar-refractivity contribution in [3.63, 3.8) is 0 Å². The van der Waals surface area contributed by atoms with E-state index in [1.54, 1.807) is 7.11 Å². The Labute approximate surface area is 154 Å². The summed E-state index contributed by atoms with van der Waals surface area (Å²) in [6.45, 7) is 4.37. The normalized spacial score (nSPS) is 23.7. The van der Waals surface area contributed by atoms with Crippen molar-refractivity contribution in [3.8, 4) is 22.6 Å². The van der Waals surface area contributed by atoms with Crippen LogP contribution < -0.4 is 9.47 Å². The fourth-order valence-electron chi connectivity index (χ4n) is 4.23. The lowest BCUT2D eigenvalue weighted by Gasteiger charge is -2.31. The lowest BCUT2D eigenvalue weighted by Crippen LogP contribution is -2.42. The van der Waals surface area contributed by atoms with Crippen LogP contribution in [0.15, 0.2) is 61.2 Å². The number of amides is 1. The SMILES string of the molecule is C=CC(=O)N1CC2CC1CC2Oc1cccc(-c2ccccc2OC)c1. The van der Waals surface area contributed by atoms with Gasteiger partial charge in [-0.15, -0.1) is 0 Å². The van der Waals surface area contributed by atoms with Crippen molar-refractivity contribution in [3.05, 3.63) is 61.2 Å². The quantitative estimate of drug-likeness (QED) is 0.768. The van der Waals surface area contributed by atoms with Crippen molar-refractivity contribution in [2.45, 2.75) is 25.0 Å². The molecule has 134 valence electrons. The molecule has 0 N–H and O–H groups in total. The number of benzene rings is 2. The lowest BCUT2D eigenvalue weighted by molar-refractivity contribution is -0.128. The predicted octanol–water partition coefficient (Wildman–Crippen LogP) is 3.92. The zero-order chi connectivity index (χ0) is 18.1. The average molecular weight is 349 g/mol. The van der Waals surface area contributed by atoms with E-state index in [4.69, 9.17) is 9.47 Å². The Morgan fingerprint density at radius 3 is 2.77 bits per heavy atom. The van der Waals surface area contributed by atoms with Gasteiger partial charge in [-0.05, 0) is 36.3 Å². The molecule has 3 atom stereocenters. The van der Waals surface area contributed by atoms with Crippen molar-refractivity contribution in [2.24, 2.45) is 5.92 Å². The summed E-state index contributed by atoms with van der Waals surface area (Å²) in [5, 5.41) is 0. The molecule has 2 aliphatic rings. The number of para-hydroxylation sites is 1. The van der Waals surface area contributed by atoms with Crippen molar-refractivity contribution < 1.29 is 14.3 Å². The van der Waals surface area contributed by atoms with Gasteiger partial charge in [0.15, 0.2) is 0 Å². The van der Waals surface area contributed by atoms with E-state index < -0.39 is 0 Å². The van der Waals surface area contributed by atoms with Crippen molar-refractivity contribution >= 4 is 5.91 Å². The van der Waals surface area contributed by atoms with Crippen LogP contribution in [0.3, 0.4) is 0 Å². The van der Waals surface area contributed by atoms with Gasteiger partial charge in [0.2, 0.25) is 5.91 Å². The number of ether oxygens (including phenoxy) is 2. The highest BCUT2D eigenvalue weighted by Gasteiger charge is 2.47. The molecule has 1 heterocycles. The topological polar surface area (TPSA) is 38.8 Å². The predicted molar refractivity (Wildman–Crippen MR) is 101 cm³/mol. The highest BCUT2D eigenvalue weighted by molar-refractivity contribution is 5.87. The number of piperidine rings is 1. The molecule has 4 heteroatoms. The second-order valence-corrected chi connectivity index (χ2v) is 6.96. The molecule has 0 spiro atoms. The van der Waals surface area contributed by atoms with Crippen LogP contribution in [-0.2, 0) is 4.79 Å². The maximum Gasteiger partial charge on any atom is 0.246 e. The van der Waals surface area contributed by atoms with Gasteiger partial charge in [0.1, 0.15) is 17.6 Å². The maximum atomic E-state index is 11.9. The molecule has 1 aliphatic carbocycles. The number of nitrogens with zero attached hydrogens (tertiary/aromatic N) is 1. The van der Waals surface area contributed by atoms with Crippen LogP contribution >= 0.6 is 0 Å². The average Bonchev–Trinajstić information content (AvgIpc) is 3.28. The number of carbonyl (C=O) groups is 1. The van der Waals surface area contributed by atoms with Gasteiger partial charge in [-0.3, -0.25) is 4.79 Å². The van der Waals surface area contributed by atoms with Gasteiger partial charge in [-0.25, -0.2) is 0 Å². The van der Waals surface area contributed by atoms with E-state index in [0.29, 0.717) is 5.92 Å². The fraction of sp³-hybridized carbons (Fsp3) is 0.318. The molecule has 4 nitrogen and oxygen atoms in total. The molecule has 0 aromatic heterocycles. The highest BCUT2D eigenvalue weighted by Crippen LogP contribution is 2.40. The molecule has 0 radical (unpaired) electrons. The van der Waals surface area contributed by atoms with E-state index >= 15 is 0 Å². The smallest absolute Gasteiger partial charge is 0.246 e. The van der Waals surface area contributed by atoms with Crippen LogP contribution in [0.4, 0.5) is 0 Å². The van der Waals surface area contributed by atoms with Crippen molar-refractivity contribution in [1.29, 1.82) is 0 Å². The lowest BCUT2D eigenvalue weighted by atomic mass is 10.0. The van der Waals surface area contributed by atoms with Gasteiger partial charge in [0, 0.05) is 30.5 Å². The minimum absolute atomic E-state index is 0.0362. The van der Waals surface area contributed by atoms with Gasteiger partial charge in [-0.2, -0.15) is 0 Å². The minimum atomic E-state index is 0.0362. The summed E-state index contributed by atoms with van der Waals surface area (Å²) in [7, 11) is 1.69. The molecule has 2 bridgehead atoms. The Morgan fingerprint density at radius 1 is 1.19 bits per heavy atom. The summed E-state index contributed by atoms with van der Waals surface area (Å²) < 4.78 is 11.8. The first kappa shape index (κ1) is 16.7. The Morgan fingerprint density at radius 2 is 2.04 bits per heavy atom. The van der Waals surface area contributed by atoms with E-state index in [9.17, 15) is 4.79 Å². The third-order valence-corrected chi connectivity index (χ3v) is 5.47. The van der Waals surface area contributed by atoms with Crippen LogP contribution in [0.25, 0.3) is 11.1 Å². The van der Waals surface area contributed by atoms with Gasteiger partial charge in [0.05, 0.1) is 7.11 Å². The number of fused-ring (bicyclic) bond motifs is 2. The van der Waals surface area contributed by atoms with Crippen LogP contribution in [0.1, 0.15) is 12.8 Å². The van der Waals surface area contributed by atoms with E-state index in [2.05, 4.69) is 18.7 Å². The zero-order valence-electron chi connectivity index (χ0n) is 14.9. The van der Waals surface area contributed by atoms with E-state index in [1.165, 1.54) is 6.08 Å². The highest BCUT2D eigenvalue weighted by atomic mass is 16.5. The Hall–Kier alpha value is -2.75. The number of hydrogen-bond acceptors (Lipinski definition) is 3. The van der Waals surface area contributed by atoms with E-state index in [0.717, 1.165) is 42.0 Å². The van der Waals surface area contributed by atoms with Gasteiger partial charge >= 0.3 is 0 Å². The maximum absolute atomic E-state index is 11.9. The van der Waals surface area contributed by atoms with E-state index in [-0.39, 0.29) is 18.1 Å². The molecule has 1 saturated heterocycles. The molecule has 3 unspecified atom stereocenters. The molecular formula is C22H23NO3. The number of likely N-dealkylation sites (tertiary alicyclic amines) is 1. The van der Waals surface area contributed by atoms with Crippen LogP contribution in [0.5, 0.6) is 11.5 Å². The fourth-order valence-corrected chi connectivity index (χ4v) is 4.23. The Balaban J connectivity index is 1.49. The summed E-state index contributed by atoms with van der Waals surface area (Å²) in [6.07, 6.45) is 3.49. The molecule has 2 aromatic rings. The van der Waals surface area contributed by atoms with Gasteiger partial charge in [-0.1, -0.05) is 36.9 Å². The number of rotatable bonds is 5. The third kappa shape index (κ3) is 2.96. The van der Waals surface area contributed by atoms with Crippen molar-refractivity contribution in [2.75, 3.05) is 13.7 Å². The summed E-state index contributed by atoms with van der Waals surface area (Å²) in [5.74, 6) is 2.16. The summed E-state index contributed by atoms with van der Waals surface area (Å²) in [5.41, 5.74) is 2.13. The van der Waals surface area contributed by atoms with Crippen LogP contribution in [-0.4, -0.2) is 36.6 Å². The van der Waals surface area contributed by atoms with E-state index in [1.807, 2.05) is 41.3 Å². The summed E-state index contributed by atoms with van der Waals surface area (Å²) in [6, 6.07) is 16.4. The molecule has 1 amide bonds. The summed E-state index contributed by atoms with van der Waals surface area (Å²) >= 11 is 0. The first-order chi connectivity index (χ1) is 12.7. The number of methoxy groups -OCH3 is 1. The molecule has 2 aromatic carbocycles. The largest absolute Gasteiger partial charge is 0.496 e. The standard InChI is InChI=1S/C22H23NO3/c1-3-22(24)23-14-16-11-17(23)13-21(16)26-18-8-6-7-15(12-18)19-9-4-5-10-20(19)25-2/h3-10,12,16-17,21H,1,11,13-14H2,2H3. The molecule has 26 heavy (non-hydrogen) atoms. The summed E-state index contributed by atoms with van der Waals surface area (Å²) in [4.78, 5) is 13.8. The Kier molecular flexibility index (Phi) is 4.41. The second kappa shape index (κ2) is 6.87. The second-order valence-electron chi connectivity index (χ2n) is 6.96. The minimum Gasteiger partial charge on any atom is -0.496 e. The number of carbonyl (C=O) groups excluding carboxylic acids is 1. The first-order valence-corrected chi connectivity index (χ1v) is 9.02. The zero-order valence-corrected chi connectivity index (χ0v) is 14.9. The monoisotopic (exact) mass is 349 g/mol. The number of hydrogen-bond donors (Lipinski definition) is 0. The first-order valence-electron chi connectivity index (χ1n) is 9.02. The molecule has 1 saturated carbocycles. The van der Waals surface area contributed by atoms with Gasteiger partial charge < -0.3 is 14.4 Å². The Bertz CT molecular complexity index is 832. The van der Waals surface area contributed by atoms with Crippen LogP contribution in [0, 0.1) is 5.92 Å². The molecular weight excluding hydrogens is 326 g/mol. The van der Waals surface area contributed by atoms with Crippen LogP contribution in [0.2, 0.25) is 0 Å². The molecule has 4 rings (SSSR count). The van der Waals surface area contributed by atoms with Gasteiger partial charge in [0.25, 0.3) is 0 Å².